The van der Waals surface area contributed by atoms with Gasteiger partial charge in [0.2, 0.25) is 6.08 Å². The van der Waals surface area contributed by atoms with E-state index in [1.54, 1.807) is 6.08 Å². The molecular formula is C10H9NOS. The van der Waals surface area contributed by atoms with E-state index in [0.29, 0.717) is 0 Å². The molecule has 0 saturated heterocycles. The summed E-state index contributed by atoms with van der Waals surface area (Å²) in [6.07, 6.45) is 3.80. The molecule has 0 aliphatic carbocycles. The zero-order valence-corrected chi connectivity index (χ0v) is 7.93. The lowest BCUT2D eigenvalue weighted by Gasteiger charge is -2.15. The minimum absolute atomic E-state index is 0.791. The lowest BCUT2D eigenvalue weighted by Crippen LogP contribution is -1.97. The highest BCUT2D eigenvalue weighted by molar-refractivity contribution is 7.99. The quantitative estimate of drug-likeness (QED) is 0.504. The molecule has 0 N–H and O–H groups in total. The summed E-state index contributed by atoms with van der Waals surface area (Å²) in [5, 5.41) is 0. The first-order chi connectivity index (χ1) is 6.42. The van der Waals surface area contributed by atoms with Gasteiger partial charge in [0, 0.05) is 4.90 Å². The summed E-state index contributed by atoms with van der Waals surface area (Å²) < 4.78 is 0. The van der Waals surface area contributed by atoms with Gasteiger partial charge in [0.1, 0.15) is 0 Å². The fourth-order valence-electron chi connectivity index (χ4n) is 1.53. The molecule has 0 bridgehead atoms. The van der Waals surface area contributed by atoms with Gasteiger partial charge >= 0.3 is 0 Å². The van der Waals surface area contributed by atoms with Crippen molar-refractivity contribution >= 4 is 23.5 Å². The van der Waals surface area contributed by atoms with E-state index >= 15 is 0 Å². The first-order valence-electron chi connectivity index (χ1n) is 4.24. The van der Waals surface area contributed by atoms with Gasteiger partial charge in [0.05, 0.1) is 5.69 Å². The number of thioether (sulfide) groups is 1. The maximum absolute atomic E-state index is 10.2. The van der Waals surface area contributed by atoms with E-state index < -0.39 is 0 Å². The van der Waals surface area contributed by atoms with Crippen LogP contribution in [-0.4, -0.2) is 11.8 Å². The Kier molecular flexibility index (Phi) is 2.48. The molecule has 0 aromatic heterocycles. The number of benzene rings is 1. The summed E-state index contributed by atoms with van der Waals surface area (Å²) in [6.45, 7) is 0. The first-order valence-corrected chi connectivity index (χ1v) is 5.23. The molecule has 2 nitrogen and oxygen atoms in total. The van der Waals surface area contributed by atoms with Crippen molar-refractivity contribution < 1.29 is 4.79 Å². The molecule has 66 valence electrons. The number of hydrogen-bond donors (Lipinski definition) is 0. The third-order valence-corrected chi connectivity index (χ3v) is 3.29. The zero-order valence-electron chi connectivity index (χ0n) is 7.12. The lowest BCUT2D eigenvalue weighted by molar-refractivity contribution is 0.565. The van der Waals surface area contributed by atoms with Crippen molar-refractivity contribution in [2.24, 2.45) is 4.99 Å². The van der Waals surface area contributed by atoms with Crippen molar-refractivity contribution in [1.29, 1.82) is 0 Å². The summed E-state index contributed by atoms with van der Waals surface area (Å²) >= 11 is 1.84. The molecule has 1 aromatic carbocycles. The number of fused-ring (bicyclic) bond motifs is 1. The maximum Gasteiger partial charge on any atom is 0.240 e. The molecule has 0 unspecified atom stereocenters. The first kappa shape index (κ1) is 8.54. The maximum atomic E-state index is 10.2. The molecule has 1 aromatic rings. The third-order valence-electron chi connectivity index (χ3n) is 2.10. The van der Waals surface area contributed by atoms with Gasteiger partial charge in [-0.3, -0.25) is 0 Å². The molecule has 13 heavy (non-hydrogen) atoms. The Morgan fingerprint density at radius 2 is 2.38 bits per heavy atom. The third kappa shape index (κ3) is 1.67. The van der Waals surface area contributed by atoms with Gasteiger partial charge in [-0.2, -0.15) is 4.99 Å². The fourth-order valence-corrected chi connectivity index (χ4v) is 2.59. The highest BCUT2D eigenvalue weighted by atomic mass is 32.2. The van der Waals surface area contributed by atoms with Crippen LogP contribution in [0.3, 0.4) is 0 Å². The molecule has 3 heteroatoms. The molecule has 0 spiro atoms. The van der Waals surface area contributed by atoms with Crippen LogP contribution in [0.4, 0.5) is 5.69 Å². The van der Waals surface area contributed by atoms with Crippen LogP contribution in [0.2, 0.25) is 0 Å². The largest absolute Gasteiger partial charge is 0.240 e. The smallest absolute Gasteiger partial charge is 0.211 e. The van der Waals surface area contributed by atoms with Crippen molar-refractivity contribution in [3.05, 3.63) is 23.8 Å². The molecule has 1 aliphatic rings. The average molecular weight is 191 g/mol. The van der Waals surface area contributed by atoms with E-state index in [4.69, 9.17) is 0 Å². The minimum atomic E-state index is 0.791. The van der Waals surface area contributed by atoms with Crippen molar-refractivity contribution in [3.8, 4) is 0 Å². The van der Waals surface area contributed by atoms with Crippen LogP contribution in [0.25, 0.3) is 0 Å². The fraction of sp³-hybridized carbons (Fsp3) is 0.300. The van der Waals surface area contributed by atoms with E-state index in [2.05, 4.69) is 11.1 Å². The molecule has 0 amide bonds. The number of aliphatic imine (C=N–C) groups is 1. The number of isocyanates is 1. The van der Waals surface area contributed by atoms with Gasteiger partial charge in [-0.25, -0.2) is 4.79 Å². The van der Waals surface area contributed by atoms with Crippen LogP contribution in [0, 0.1) is 0 Å². The number of carbonyl (C=O) groups excluding carboxylic acids is 1. The Morgan fingerprint density at radius 1 is 1.46 bits per heavy atom. The van der Waals surface area contributed by atoms with E-state index in [-0.39, 0.29) is 0 Å². The van der Waals surface area contributed by atoms with Crippen LogP contribution in [0.15, 0.2) is 28.1 Å². The Bertz CT molecular complexity index is 369. The molecular weight excluding hydrogens is 182 g/mol. The van der Waals surface area contributed by atoms with Crippen LogP contribution in [-0.2, 0) is 11.2 Å². The van der Waals surface area contributed by atoms with Gasteiger partial charge < -0.3 is 0 Å². The molecule has 2 rings (SSSR count). The highest BCUT2D eigenvalue weighted by Crippen LogP contribution is 2.35. The van der Waals surface area contributed by atoms with Gasteiger partial charge in [-0.15, -0.1) is 11.8 Å². The van der Waals surface area contributed by atoms with Crippen LogP contribution < -0.4 is 0 Å². The van der Waals surface area contributed by atoms with Crippen molar-refractivity contribution in [2.45, 2.75) is 17.7 Å². The number of rotatable bonds is 1. The normalized spacial score (nSPS) is 14.5. The molecule has 0 radical (unpaired) electrons. The predicted molar refractivity (Wildman–Crippen MR) is 53.3 cm³/mol. The van der Waals surface area contributed by atoms with Gasteiger partial charge in [0.25, 0.3) is 0 Å². The molecule has 1 heterocycles. The van der Waals surface area contributed by atoms with Crippen LogP contribution in [0.1, 0.15) is 12.0 Å². The second kappa shape index (κ2) is 3.77. The van der Waals surface area contributed by atoms with Crippen LogP contribution >= 0.6 is 11.8 Å². The molecule has 0 saturated carbocycles. The van der Waals surface area contributed by atoms with E-state index in [9.17, 15) is 4.79 Å². The Morgan fingerprint density at radius 3 is 3.23 bits per heavy atom. The topological polar surface area (TPSA) is 29.4 Å². The molecule has 0 fully saturated rings. The lowest BCUT2D eigenvalue weighted by atomic mass is 10.1. The number of nitrogens with zero attached hydrogens (tertiary/aromatic N) is 1. The number of hydrogen-bond acceptors (Lipinski definition) is 3. The summed E-state index contributed by atoms with van der Waals surface area (Å²) in [4.78, 5) is 15.1. The standard InChI is InChI=1S/C10H9NOS/c12-7-11-9-4-1-5-10-8(9)3-2-6-13-10/h1,4-5H,2-3,6H2. The summed E-state index contributed by atoms with van der Waals surface area (Å²) in [7, 11) is 0. The highest BCUT2D eigenvalue weighted by Gasteiger charge is 2.12. The van der Waals surface area contributed by atoms with Crippen molar-refractivity contribution in [3.63, 3.8) is 0 Å². The average Bonchev–Trinajstić information content (AvgIpc) is 2.19. The monoisotopic (exact) mass is 191 g/mol. The van der Waals surface area contributed by atoms with Crippen molar-refractivity contribution in [1.82, 2.24) is 0 Å². The SMILES string of the molecule is O=C=Nc1cccc2c1CCCS2. The molecule has 0 atom stereocenters. The second-order valence-corrected chi connectivity index (χ2v) is 4.05. The second-order valence-electron chi connectivity index (χ2n) is 2.91. The Labute approximate surface area is 81.1 Å². The van der Waals surface area contributed by atoms with E-state index in [0.717, 1.165) is 12.1 Å². The van der Waals surface area contributed by atoms with Gasteiger partial charge in [-0.05, 0) is 36.3 Å². The van der Waals surface area contributed by atoms with Crippen LogP contribution in [0.5, 0.6) is 0 Å². The zero-order chi connectivity index (χ0) is 9.10. The van der Waals surface area contributed by atoms with Gasteiger partial charge in [-0.1, -0.05) is 6.07 Å². The summed E-state index contributed by atoms with van der Waals surface area (Å²) in [5.74, 6) is 1.17. The van der Waals surface area contributed by atoms with E-state index in [1.807, 2.05) is 23.9 Å². The Hall–Kier alpha value is -1.05. The molecule has 1 aliphatic heterocycles. The summed E-state index contributed by atoms with van der Waals surface area (Å²) in [6, 6.07) is 5.89. The van der Waals surface area contributed by atoms with Gasteiger partial charge in [0.15, 0.2) is 0 Å². The predicted octanol–water partition coefficient (Wildman–Crippen LogP) is 2.69. The van der Waals surface area contributed by atoms with Crippen molar-refractivity contribution in [2.75, 3.05) is 5.75 Å². The minimum Gasteiger partial charge on any atom is -0.211 e. The van der Waals surface area contributed by atoms with E-state index in [1.165, 1.54) is 22.6 Å². The summed E-state index contributed by atoms with van der Waals surface area (Å²) in [5.41, 5.74) is 2.00. The Balaban J connectivity index is 2.51.